The maximum Gasteiger partial charge on any atom is 0.258 e. The number of aromatic nitrogens is 2. The van der Waals surface area contributed by atoms with Crippen LogP contribution in [0.4, 0.5) is 0 Å². The standard InChI is InChI=1S/C14H17N3O4/c1-18-10-5-9(6-11(7-10)19-2)14-16-13(17-21-14)12-8-20-4-3-15-12/h5-7,12,15H,3-4,8H2,1-2H3. The van der Waals surface area contributed by atoms with E-state index in [1.165, 1.54) is 0 Å². The second-order valence-corrected chi connectivity index (χ2v) is 4.64. The smallest absolute Gasteiger partial charge is 0.258 e. The second kappa shape index (κ2) is 6.11. The van der Waals surface area contributed by atoms with Crippen molar-refractivity contribution >= 4 is 0 Å². The van der Waals surface area contributed by atoms with Crippen LogP contribution in [-0.2, 0) is 4.74 Å². The number of hydrogen-bond donors (Lipinski definition) is 1. The summed E-state index contributed by atoms with van der Waals surface area (Å²) in [6.45, 7) is 2.02. The zero-order valence-corrected chi connectivity index (χ0v) is 12.0. The molecule has 7 nitrogen and oxygen atoms in total. The van der Waals surface area contributed by atoms with E-state index < -0.39 is 0 Å². The number of benzene rings is 1. The lowest BCUT2D eigenvalue weighted by Crippen LogP contribution is -2.35. The molecule has 0 saturated carbocycles. The minimum atomic E-state index is -0.0382. The first-order valence-electron chi connectivity index (χ1n) is 6.68. The molecule has 1 aromatic heterocycles. The first-order valence-corrected chi connectivity index (χ1v) is 6.68. The van der Waals surface area contributed by atoms with E-state index in [0.29, 0.717) is 36.4 Å². The fraction of sp³-hybridized carbons (Fsp3) is 0.429. The van der Waals surface area contributed by atoms with E-state index in [0.717, 1.165) is 12.1 Å². The van der Waals surface area contributed by atoms with Crippen LogP contribution in [0.3, 0.4) is 0 Å². The van der Waals surface area contributed by atoms with E-state index in [9.17, 15) is 0 Å². The van der Waals surface area contributed by atoms with E-state index in [4.69, 9.17) is 18.7 Å². The Balaban J connectivity index is 1.88. The number of ether oxygens (including phenoxy) is 3. The molecule has 3 rings (SSSR count). The Morgan fingerprint density at radius 1 is 1.19 bits per heavy atom. The van der Waals surface area contributed by atoms with Gasteiger partial charge in [-0.2, -0.15) is 4.98 Å². The Morgan fingerprint density at radius 3 is 2.57 bits per heavy atom. The molecule has 0 spiro atoms. The SMILES string of the molecule is COc1cc(OC)cc(-c2nc(C3COCCN3)no2)c1. The van der Waals surface area contributed by atoms with Gasteiger partial charge in [-0.1, -0.05) is 5.16 Å². The third kappa shape index (κ3) is 2.98. The van der Waals surface area contributed by atoms with Crippen molar-refractivity contribution in [3.63, 3.8) is 0 Å². The molecule has 0 radical (unpaired) electrons. The molecule has 112 valence electrons. The number of methoxy groups -OCH3 is 2. The molecule has 0 bridgehead atoms. The molecule has 1 unspecified atom stereocenters. The molecule has 2 aromatic rings. The molecule has 1 aliphatic rings. The van der Waals surface area contributed by atoms with Crippen molar-refractivity contribution < 1.29 is 18.7 Å². The van der Waals surface area contributed by atoms with Crippen LogP contribution in [0.2, 0.25) is 0 Å². The maximum atomic E-state index is 5.40. The third-order valence-corrected chi connectivity index (χ3v) is 3.27. The number of nitrogens with one attached hydrogen (secondary N) is 1. The number of rotatable bonds is 4. The van der Waals surface area contributed by atoms with Gasteiger partial charge in [0.05, 0.1) is 33.5 Å². The molecular weight excluding hydrogens is 274 g/mol. The van der Waals surface area contributed by atoms with Crippen LogP contribution in [0.15, 0.2) is 22.7 Å². The molecule has 1 atom stereocenters. The van der Waals surface area contributed by atoms with Crippen molar-refractivity contribution in [1.29, 1.82) is 0 Å². The number of nitrogens with zero attached hydrogens (tertiary/aromatic N) is 2. The molecule has 0 amide bonds. The highest BCUT2D eigenvalue weighted by atomic mass is 16.5. The van der Waals surface area contributed by atoms with Crippen molar-refractivity contribution in [3.05, 3.63) is 24.0 Å². The Labute approximate surface area is 122 Å². The Morgan fingerprint density at radius 2 is 1.95 bits per heavy atom. The minimum Gasteiger partial charge on any atom is -0.497 e. The zero-order chi connectivity index (χ0) is 14.7. The van der Waals surface area contributed by atoms with Gasteiger partial charge in [0.15, 0.2) is 5.82 Å². The van der Waals surface area contributed by atoms with Gasteiger partial charge in [0.25, 0.3) is 5.89 Å². The van der Waals surface area contributed by atoms with E-state index in [1.54, 1.807) is 20.3 Å². The van der Waals surface area contributed by atoms with Gasteiger partial charge in [0, 0.05) is 18.2 Å². The van der Waals surface area contributed by atoms with Crippen LogP contribution in [0.1, 0.15) is 11.9 Å². The van der Waals surface area contributed by atoms with Crippen LogP contribution in [0, 0.1) is 0 Å². The van der Waals surface area contributed by atoms with E-state index in [1.807, 2.05) is 12.1 Å². The van der Waals surface area contributed by atoms with Crippen LogP contribution in [-0.4, -0.2) is 44.1 Å². The van der Waals surface area contributed by atoms with E-state index in [-0.39, 0.29) is 6.04 Å². The van der Waals surface area contributed by atoms with Crippen molar-refractivity contribution in [1.82, 2.24) is 15.5 Å². The second-order valence-electron chi connectivity index (χ2n) is 4.64. The van der Waals surface area contributed by atoms with Gasteiger partial charge < -0.3 is 24.1 Å². The number of morpholine rings is 1. The van der Waals surface area contributed by atoms with Gasteiger partial charge in [0.2, 0.25) is 0 Å². The van der Waals surface area contributed by atoms with Crippen LogP contribution >= 0.6 is 0 Å². The average molecular weight is 291 g/mol. The summed E-state index contributed by atoms with van der Waals surface area (Å²) in [6.07, 6.45) is 0. The van der Waals surface area contributed by atoms with Gasteiger partial charge in [-0.15, -0.1) is 0 Å². The van der Waals surface area contributed by atoms with Crippen molar-refractivity contribution in [3.8, 4) is 23.0 Å². The molecule has 1 saturated heterocycles. The first kappa shape index (κ1) is 13.8. The highest BCUT2D eigenvalue weighted by Gasteiger charge is 2.21. The van der Waals surface area contributed by atoms with Gasteiger partial charge in [-0.3, -0.25) is 0 Å². The van der Waals surface area contributed by atoms with E-state index in [2.05, 4.69) is 15.5 Å². The molecule has 1 aliphatic heterocycles. The maximum absolute atomic E-state index is 5.40. The molecule has 21 heavy (non-hydrogen) atoms. The lowest BCUT2D eigenvalue weighted by molar-refractivity contribution is 0.0734. The normalized spacial score (nSPS) is 18.5. The molecule has 0 aliphatic carbocycles. The lowest BCUT2D eigenvalue weighted by Gasteiger charge is -2.20. The summed E-state index contributed by atoms with van der Waals surface area (Å²) in [4.78, 5) is 4.42. The quantitative estimate of drug-likeness (QED) is 0.912. The molecule has 1 aromatic carbocycles. The van der Waals surface area contributed by atoms with Crippen molar-refractivity contribution in [2.45, 2.75) is 6.04 Å². The topological polar surface area (TPSA) is 78.6 Å². The average Bonchev–Trinajstić information content (AvgIpc) is 3.05. The van der Waals surface area contributed by atoms with Gasteiger partial charge in [-0.25, -0.2) is 0 Å². The highest BCUT2D eigenvalue weighted by Crippen LogP contribution is 2.29. The largest absolute Gasteiger partial charge is 0.497 e. The Hall–Kier alpha value is -2.12. The monoisotopic (exact) mass is 291 g/mol. The van der Waals surface area contributed by atoms with Crippen molar-refractivity contribution in [2.24, 2.45) is 0 Å². The molecule has 7 heteroatoms. The fourth-order valence-corrected chi connectivity index (χ4v) is 2.16. The zero-order valence-electron chi connectivity index (χ0n) is 12.0. The predicted octanol–water partition coefficient (Wildman–Crippen LogP) is 1.41. The first-order chi connectivity index (χ1) is 10.3. The summed E-state index contributed by atoms with van der Waals surface area (Å²) in [5, 5.41) is 7.30. The van der Waals surface area contributed by atoms with Gasteiger partial charge in [0.1, 0.15) is 11.5 Å². The summed E-state index contributed by atoms with van der Waals surface area (Å²) < 4.78 is 21.2. The number of hydrogen-bond acceptors (Lipinski definition) is 7. The third-order valence-electron chi connectivity index (χ3n) is 3.27. The molecule has 1 fully saturated rings. The molecular formula is C14H17N3O4. The van der Waals surface area contributed by atoms with Crippen molar-refractivity contribution in [2.75, 3.05) is 34.0 Å². The van der Waals surface area contributed by atoms with Crippen LogP contribution in [0.5, 0.6) is 11.5 Å². The van der Waals surface area contributed by atoms with E-state index >= 15 is 0 Å². The summed E-state index contributed by atoms with van der Waals surface area (Å²) in [5.41, 5.74) is 0.752. The van der Waals surface area contributed by atoms with Crippen LogP contribution in [0.25, 0.3) is 11.5 Å². The summed E-state index contributed by atoms with van der Waals surface area (Å²) in [5.74, 6) is 2.35. The summed E-state index contributed by atoms with van der Waals surface area (Å²) in [7, 11) is 3.20. The predicted molar refractivity (Wildman–Crippen MR) is 74.4 cm³/mol. The fourth-order valence-electron chi connectivity index (χ4n) is 2.16. The summed E-state index contributed by atoms with van der Waals surface area (Å²) in [6, 6.07) is 5.40. The molecule has 2 heterocycles. The Kier molecular flexibility index (Phi) is 4.03. The van der Waals surface area contributed by atoms with Gasteiger partial charge in [-0.05, 0) is 12.1 Å². The summed E-state index contributed by atoms with van der Waals surface area (Å²) >= 11 is 0. The highest BCUT2D eigenvalue weighted by molar-refractivity contribution is 5.59. The van der Waals surface area contributed by atoms with Gasteiger partial charge >= 0.3 is 0 Å². The van der Waals surface area contributed by atoms with Crippen LogP contribution < -0.4 is 14.8 Å². The Bertz CT molecular complexity index is 586. The lowest BCUT2D eigenvalue weighted by atomic mass is 10.2. The minimum absolute atomic E-state index is 0.0382. The molecule has 1 N–H and O–H groups in total.